The number of rotatable bonds is 4. The molecule has 0 bridgehead atoms. The fraction of sp³-hybridized carbons (Fsp3) is 0.667. The Balaban J connectivity index is 1.70. The van der Waals surface area contributed by atoms with Gasteiger partial charge in [0.25, 0.3) is 0 Å². The van der Waals surface area contributed by atoms with Crippen molar-refractivity contribution in [1.29, 1.82) is 0 Å². The van der Waals surface area contributed by atoms with Crippen LogP contribution in [0.3, 0.4) is 0 Å². The first-order valence-electron chi connectivity index (χ1n) is 8.45. The predicted octanol–water partition coefficient (Wildman–Crippen LogP) is 3.02. The zero-order valence-corrected chi connectivity index (χ0v) is 13.4. The zero-order chi connectivity index (χ0) is 14.7. The highest BCUT2D eigenvalue weighted by atomic mass is 16.5. The molecule has 3 rings (SSSR count). The van der Waals surface area contributed by atoms with Crippen LogP contribution >= 0.6 is 0 Å². The van der Waals surface area contributed by atoms with Gasteiger partial charge in [0.2, 0.25) is 0 Å². The van der Waals surface area contributed by atoms with Crippen LogP contribution in [-0.4, -0.2) is 43.2 Å². The van der Waals surface area contributed by atoms with Crippen LogP contribution < -0.4 is 10.1 Å². The molecule has 2 aliphatic rings. The Morgan fingerprint density at radius 3 is 2.90 bits per heavy atom. The van der Waals surface area contributed by atoms with Gasteiger partial charge < -0.3 is 10.1 Å². The molecule has 1 atom stereocenters. The predicted molar refractivity (Wildman–Crippen MR) is 87.1 cm³/mol. The third-order valence-corrected chi connectivity index (χ3v) is 5.37. The summed E-state index contributed by atoms with van der Waals surface area (Å²) in [4.78, 5) is 2.66. The molecule has 1 unspecified atom stereocenters. The van der Waals surface area contributed by atoms with Crippen molar-refractivity contribution in [3.63, 3.8) is 0 Å². The Kier molecular flexibility index (Phi) is 4.51. The number of fused-ring (bicyclic) bond motifs is 1. The van der Waals surface area contributed by atoms with Crippen molar-refractivity contribution < 1.29 is 4.74 Å². The SMILES string of the molecule is CCC1(CC)CN(CC2CCOc3ccccc32)CCN1. The first kappa shape index (κ1) is 14.9. The van der Waals surface area contributed by atoms with Crippen LogP contribution in [0, 0.1) is 0 Å². The normalized spacial score (nSPS) is 25.1. The van der Waals surface area contributed by atoms with Gasteiger partial charge in [0, 0.05) is 37.6 Å². The average molecular weight is 288 g/mol. The van der Waals surface area contributed by atoms with Gasteiger partial charge in [-0.1, -0.05) is 32.0 Å². The maximum atomic E-state index is 5.80. The van der Waals surface area contributed by atoms with Crippen LogP contribution in [0.25, 0.3) is 0 Å². The lowest BCUT2D eigenvalue weighted by Crippen LogP contribution is -2.60. The third kappa shape index (κ3) is 3.09. The van der Waals surface area contributed by atoms with Gasteiger partial charge in [-0.3, -0.25) is 4.90 Å². The smallest absolute Gasteiger partial charge is 0.122 e. The Hall–Kier alpha value is -1.06. The van der Waals surface area contributed by atoms with Crippen LogP contribution in [-0.2, 0) is 0 Å². The van der Waals surface area contributed by atoms with E-state index in [1.807, 2.05) is 0 Å². The van der Waals surface area contributed by atoms with Crippen molar-refractivity contribution in [3.8, 4) is 5.75 Å². The fourth-order valence-corrected chi connectivity index (χ4v) is 3.84. The van der Waals surface area contributed by atoms with E-state index in [4.69, 9.17) is 4.74 Å². The van der Waals surface area contributed by atoms with E-state index >= 15 is 0 Å². The van der Waals surface area contributed by atoms with Crippen molar-refractivity contribution >= 4 is 0 Å². The molecule has 116 valence electrons. The van der Waals surface area contributed by atoms with E-state index in [2.05, 4.69) is 48.3 Å². The molecule has 0 aliphatic carbocycles. The molecule has 0 saturated carbocycles. The molecule has 1 fully saturated rings. The second-order valence-electron chi connectivity index (χ2n) is 6.52. The van der Waals surface area contributed by atoms with Crippen molar-refractivity contribution in [3.05, 3.63) is 29.8 Å². The zero-order valence-electron chi connectivity index (χ0n) is 13.4. The molecule has 0 aromatic heterocycles. The Labute approximate surface area is 128 Å². The summed E-state index contributed by atoms with van der Waals surface area (Å²) >= 11 is 0. The van der Waals surface area contributed by atoms with Gasteiger partial charge in [0.1, 0.15) is 5.75 Å². The van der Waals surface area contributed by atoms with Crippen molar-refractivity contribution in [2.45, 2.75) is 44.6 Å². The minimum absolute atomic E-state index is 0.322. The van der Waals surface area contributed by atoms with Gasteiger partial charge in [-0.2, -0.15) is 0 Å². The molecule has 3 heteroatoms. The number of ether oxygens (including phenoxy) is 1. The molecular formula is C18H28N2O. The molecular weight excluding hydrogens is 260 g/mol. The number of nitrogens with zero attached hydrogens (tertiary/aromatic N) is 1. The summed E-state index contributed by atoms with van der Waals surface area (Å²) in [5.41, 5.74) is 1.73. The van der Waals surface area contributed by atoms with E-state index in [-0.39, 0.29) is 0 Å². The largest absolute Gasteiger partial charge is 0.493 e. The molecule has 0 amide bonds. The highest BCUT2D eigenvalue weighted by Crippen LogP contribution is 2.34. The minimum atomic E-state index is 0.322. The molecule has 1 N–H and O–H groups in total. The second kappa shape index (κ2) is 6.37. The number of piperazine rings is 1. The number of nitrogens with one attached hydrogen (secondary N) is 1. The summed E-state index contributed by atoms with van der Waals surface area (Å²) in [5, 5.41) is 3.75. The molecule has 0 radical (unpaired) electrons. The van der Waals surface area contributed by atoms with Crippen molar-refractivity contribution in [2.24, 2.45) is 0 Å². The molecule has 2 aliphatic heterocycles. The molecule has 21 heavy (non-hydrogen) atoms. The van der Waals surface area contributed by atoms with Crippen LogP contribution in [0.5, 0.6) is 5.75 Å². The van der Waals surface area contributed by atoms with E-state index in [1.54, 1.807) is 0 Å². The van der Waals surface area contributed by atoms with Gasteiger partial charge in [-0.25, -0.2) is 0 Å². The summed E-state index contributed by atoms with van der Waals surface area (Å²) < 4.78 is 5.80. The molecule has 1 aromatic carbocycles. The van der Waals surface area contributed by atoms with Crippen LogP contribution in [0.4, 0.5) is 0 Å². The molecule has 1 saturated heterocycles. The summed E-state index contributed by atoms with van der Waals surface area (Å²) in [6, 6.07) is 8.57. The van der Waals surface area contributed by atoms with Gasteiger partial charge in [0.05, 0.1) is 6.61 Å². The maximum Gasteiger partial charge on any atom is 0.122 e. The third-order valence-electron chi connectivity index (χ3n) is 5.37. The fourth-order valence-electron chi connectivity index (χ4n) is 3.84. The second-order valence-corrected chi connectivity index (χ2v) is 6.52. The number of hydrogen-bond acceptors (Lipinski definition) is 3. The lowest BCUT2D eigenvalue weighted by atomic mass is 9.88. The van der Waals surface area contributed by atoms with E-state index < -0.39 is 0 Å². The Morgan fingerprint density at radius 2 is 2.10 bits per heavy atom. The van der Waals surface area contributed by atoms with Crippen LogP contribution in [0.2, 0.25) is 0 Å². The van der Waals surface area contributed by atoms with E-state index in [1.165, 1.54) is 38.0 Å². The first-order chi connectivity index (χ1) is 10.3. The molecule has 1 aromatic rings. The monoisotopic (exact) mass is 288 g/mol. The summed E-state index contributed by atoms with van der Waals surface area (Å²) in [6.07, 6.45) is 3.57. The highest BCUT2D eigenvalue weighted by molar-refractivity contribution is 5.38. The van der Waals surface area contributed by atoms with Gasteiger partial charge in [-0.05, 0) is 30.9 Å². The summed E-state index contributed by atoms with van der Waals surface area (Å²) in [5.74, 6) is 1.72. The van der Waals surface area contributed by atoms with Crippen LogP contribution in [0.1, 0.15) is 44.6 Å². The molecule has 3 nitrogen and oxygen atoms in total. The van der Waals surface area contributed by atoms with Gasteiger partial charge >= 0.3 is 0 Å². The minimum Gasteiger partial charge on any atom is -0.493 e. The summed E-state index contributed by atoms with van der Waals surface area (Å²) in [6.45, 7) is 10.1. The number of hydrogen-bond donors (Lipinski definition) is 1. The quantitative estimate of drug-likeness (QED) is 0.921. The van der Waals surface area contributed by atoms with Crippen molar-refractivity contribution in [1.82, 2.24) is 10.2 Å². The Morgan fingerprint density at radius 1 is 1.29 bits per heavy atom. The number of para-hydroxylation sites is 1. The van der Waals surface area contributed by atoms with Crippen LogP contribution in [0.15, 0.2) is 24.3 Å². The Bertz CT molecular complexity index is 470. The first-order valence-corrected chi connectivity index (χ1v) is 8.45. The maximum absolute atomic E-state index is 5.80. The summed E-state index contributed by atoms with van der Waals surface area (Å²) in [7, 11) is 0. The van der Waals surface area contributed by atoms with Gasteiger partial charge in [0.15, 0.2) is 0 Å². The average Bonchev–Trinajstić information content (AvgIpc) is 2.55. The van der Waals surface area contributed by atoms with Crippen molar-refractivity contribution in [2.75, 3.05) is 32.8 Å². The standard InChI is InChI=1S/C18H28N2O/c1-3-18(4-2)14-20(11-10-19-18)13-15-9-12-21-17-8-6-5-7-16(15)17/h5-8,15,19H,3-4,9-14H2,1-2H3. The lowest BCUT2D eigenvalue weighted by molar-refractivity contribution is 0.111. The topological polar surface area (TPSA) is 24.5 Å². The van der Waals surface area contributed by atoms with Gasteiger partial charge in [-0.15, -0.1) is 0 Å². The highest BCUT2D eigenvalue weighted by Gasteiger charge is 2.33. The molecule has 0 spiro atoms. The van der Waals surface area contributed by atoms with E-state index in [9.17, 15) is 0 Å². The molecule has 2 heterocycles. The van der Waals surface area contributed by atoms with E-state index in [0.29, 0.717) is 11.5 Å². The number of benzene rings is 1. The van der Waals surface area contributed by atoms with E-state index in [0.717, 1.165) is 25.3 Å². The lowest BCUT2D eigenvalue weighted by Gasteiger charge is -2.44.